The van der Waals surface area contributed by atoms with Gasteiger partial charge in [-0.15, -0.1) is 0 Å². The molecule has 1 heterocycles. The van der Waals surface area contributed by atoms with E-state index >= 15 is 0 Å². The van der Waals surface area contributed by atoms with E-state index in [0.29, 0.717) is 0 Å². The van der Waals surface area contributed by atoms with Crippen LogP contribution in [0.4, 0.5) is 13.4 Å². The smallest absolute Gasteiger partial charge is 0.199 e. The first-order valence-electron chi connectivity index (χ1n) is 2.21. The van der Waals surface area contributed by atoms with Crippen LogP contribution in [0.3, 0.4) is 0 Å². The highest BCUT2D eigenvalue weighted by Crippen LogP contribution is 1.82. The topological polar surface area (TPSA) is 15.3 Å². The Bertz CT molecular complexity index is 39.0. The minimum Gasteiger partial charge on any atom is -0.317 e. The highest BCUT2D eigenvalue weighted by atomic mass is 19.5. The molecule has 0 radical (unpaired) electrons. The maximum atomic E-state index is 9.50. The van der Waals surface area contributed by atoms with Crippen molar-refractivity contribution in [3.8, 4) is 0 Å². The molecular formula is C3H7F3N2. The van der Waals surface area contributed by atoms with Crippen molar-refractivity contribution in [2.24, 2.45) is 0 Å². The molecule has 2 nitrogen and oxygen atoms in total. The molecule has 1 fully saturated rings. The lowest BCUT2D eigenvalue weighted by Gasteiger charge is -2.09. The van der Waals surface area contributed by atoms with Crippen LogP contribution in [0.5, 0.6) is 0 Å². The Balaban J connectivity index is 0.000000122. The average molecular weight is 128 g/mol. The number of hydrogen-bond donors (Lipinski definition) is 1. The normalized spacial score (nSPS) is 16.5. The fourth-order valence-corrected chi connectivity index (χ4v) is 0.177. The van der Waals surface area contributed by atoms with Crippen molar-refractivity contribution < 1.29 is 13.4 Å². The van der Waals surface area contributed by atoms with E-state index in [0.717, 1.165) is 0 Å². The van der Waals surface area contributed by atoms with Crippen molar-refractivity contribution >= 4 is 0 Å². The monoisotopic (exact) mass is 128 g/mol. The molecule has 0 aliphatic carbocycles. The SMILES string of the molecule is C1CNC1.FN(F)F. The Labute approximate surface area is 45.1 Å². The van der Waals surface area contributed by atoms with Gasteiger partial charge in [0.2, 0.25) is 0 Å². The molecule has 0 aromatic carbocycles. The summed E-state index contributed by atoms with van der Waals surface area (Å²) < 4.78 is 28.5. The van der Waals surface area contributed by atoms with Gasteiger partial charge >= 0.3 is 0 Å². The van der Waals surface area contributed by atoms with Crippen LogP contribution in [-0.2, 0) is 0 Å². The molecule has 0 saturated carbocycles. The molecule has 0 spiro atoms. The summed E-state index contributed by atoms with van der Waals surface area (Å²) in [6.07, 6.45) is 1.39. The standard InChI is InChI=1S/C3H7N.F3N/c1-2-4-3-1;1-4(2)3/h4H,1-3H2;. The zero-order valence-corrected chi connectivity index (χ0v) is 4.20. The van der Waals surface area contributed by atoms with Crippen molar-refractivity contribution in [3.05, 3.63) is 0 Å². The first-order chi connectivity index (χ1) is 3.73. The summed E-state index contributed by atoms with van der Waals surface area (Å²) >= 11 is 0. The third-order valence-electron chi connectivity index (χ3n) is 0.707. The van der Waals surface area contributed by atoms with E-state index in [1.54, 1.807) is 0 Å². The van der Waals surface area contributed by atoms with Crippen LogP contribution in [-0.4, -0.2) is 18.7 Å². The van der Waals surface area contributed by atoms with Crippen molar-refractivity contribution in [2.45, 2.75) is 6.42 Å². The molecule has 0 aromatic heterocycles. The molecule has 1 rings (SSSR count). The minimum absolute atomic E-state index is 1.25. The third kappa shape index (κ3) is 9.20. The van der Waals surface area contributed by atoms with Crippen LogP contribution in [0.1, 0.15) is 6.42 Å². The van der Waals surface area contributed by atoms with Crippen molar-refractivity contribution in [1.82, 2.24) is 10.9 Å². The largest absolute Gasteiger partial charge is 0.317 e. The molecule has 0 unspecified atom stereocenters. The summed E-state index contributed by atoms with van der Waals surface area (Å²) in [6, 6.07) is 0. The fourth-order valence-electron chi connectivity index (χ4n) is 0.177. The van der Waals surface area contributed by atoms with Crippen LogP contribution >= 0.6 is 0 Å². The minimum atomic E-state index is -2.50. The molecule has 1 aliphatic rings. The van der Waals surface area contributed by atoms with Gasteiger partial charge in [0.05, 0.1) is 0 Å². The maximum Gasteiger partial charge on any atom is 0.199 e. The Morgan fingerprint density at radius 1 is 1.12 bits per heavy atom. The van der Waals surface area contributed by atoms with Gasteiger partial charge in [0.1, 0.15) is 0 Å². The van der Waals surface area contributed by atoms with Crippen LogP contribution in [0.15, 0.2) is 0 Å². The molecule has 0 aromatic rings. The summed E-state index contributed by atoms with van der Waals surface area (Å²) in [5, 5.41) is 3.11. The Morgan fingerprint density at radius 3 is 1.25 bits per heavy atom. The summed E-state index contributed by atoms with van der Waals surface area (Å²) in [5.41, 5.74) is -2.50. The van der Waals surface area contributed by atoms with Gasteiger partial charge in [-0.05, 0) is 19.5 Å². The quantitative estimate of drug-likeness (QED) is 0.488. The average Bonchev–Trinajstić information content (AvgIpc) is 1.19. The predicted molar refractivity (Wildman–Crippen MR) is 22.6 cm³/mol. The van der Waals surface area contributed by atoms with Crippen molar-refractivity contribution in [1.29, 1.82) is 0 Å². The summed E-state index contributed by atoms with van der Waals surface area (Å²) in [7, 11) is 0. The van der Waals surface area contributed by atoms with E-state index in [1.165, 1.54) is 19.5 Å². The second-order valence-electron chi connectivity index (χ2n) is 1.30. The fraction of sp³-hybridized carbons (Fsp3) is 1.00. The van der Waals surface area contributed by atoms with E-state index < -0.39 is 5.57 Å². The Hall–Kier alpha value is -0.290. The predicted octanol–water partition coefficient (Wildman–Crippen LogP) is 0.922. The van der Waals surface area contributed by atoms with E-state index in [2.05, 4.69) is 5.32 Å². The van der Waals surface area contributed by atoms with E-state index in [1.807, 2.05) is 0 Å². The van der Waals surface area contributed by atoms with Gasteiger partial charge in [0.15, 0.2) is 5.57 Å². The first-order valence-corrected chi connectivity index (χ1v) is 2.21. The number of rotatable bonds is 0. The second kappa shape index (κ2) is 4.86. The molecule has 1 saturated heterocycles. The number of nitrogens with one attached hydrogen (secondary N) is 1. The van der Waals surface area contributed by atoms with Crippen LogP contribution in [0, 0.1) is 0 Å². The van der Waals surface area contributed by atoms with E-state index in [4.69, 9.17) is 0 Å². The zero-order valence-electron chi connectivity index (χ0n) is 4.20. The highest BCUT2D eigenvalue weighted by molar-refractivity contribution is 4.56. The molecular weight excluding hydrogens is 121 g/mol. The van der Waals surface area contributed by atoms with Crippen molar-refractivity contribution in [3.63, 3.8) is 0 Å². The van der Waals surface area contributed by atoms with Gasteiger partial charge in [-0.2, -0.15) is 0 Å². The number of hydrogen-bond acceptors (Lipinski definition) is 2. The van der Waals surface area contributed by atoms with E-state index in [9.17, 15) is 13.4 Å². The maximum absolute atomic E-state index is 9.50. The lowest BCUT2D eigenvalue weighted by Crippen LogP contribution is -2.29. The molecule has 1 N–H and O–H groups in total. The van der Waals surface area contributed by atoms with Crippen molar-refractivity contribution in [2.75, 3.05) is 13.1 Å². The summed E-state index contributed by atoms with van der Waals surface area (Å²) in [6.45, 7) is 2.50. The lowest BCUT2D eigenvalue weighted by atomic mass is 10.3. The third-order valence-corrected chi connectivity index (χ3v) is 0.707. The molecule has 1 aliphatic heterocycles. The zero-order chi connectivity index (χ0) is 6.41. The van der Waals surface area contributed by atoms with Gasteiger partial charge in [-0.3, -0.25) is 0 Å². The molecule has 0 bridgehead atoms. The van der Waals surface area contributed by atoms with Crippen LogP contribution < -0.4 is 5.32 Å². The second-order valence-corrected chi connectivity index (χ2v) is 1.30. The number of nitrogens with zero attached hydrogens (tertiary/aromatic N) is 1. The van der Waals surface area contributed by atoms with Crippen LogP contribution in [0.2, 0.25) is 0 Å². The summed E-state index contributed by atoms with van der Waals surface area (Å²) in [5.74, 6) is 0. The van der Waals surface area contributed by atoms with Crippen LogP contribution in [0.25, 0.3) is 0 Å². The van der Waals surface area contributed by atoms with Gasteiger partial charge < -0.3 is 5.32 Å². The highest BCUT2D eigenvalue weighted by Gasteiger charge is 1.92. The molecule has 8 heavy (non-hydrogen) atoms. The van der Waals surface area contributed by atoms with Gasteiger partial charge in [0.25, 0.3) is 0 Å². The van der Waals surface area contributed by atoms with Gasteiger partial charge in [-0.1, -0.05) is 13.4 Å². The van der Waals surface area contributed by atoms with E-state index in [-0.39, 0.29) is 0 Å². The molecule has 50 valence electrons. The number of halogens is 3. The Kier molecular flexibility index (Phi) is 4.68. The molecule has 5 heteroatoms. The summed E-state index contributed by atoms with van der Waals surface area (Å²) in [4.78, 5) is 0. The lowest BCUT2D eigenvalue weighted by molar-refractivity contribution is -0.295. The molecule has 0 amide bonds. The Morgan fingerprint density at radius 2 is 1.25 bits per heavy atom. The van der Waals surface area contributed by atoms with Gasteiger partial charge in [0, 0.05) is 0 Å². The van der Waals surface area contributed by atoms with Gasteiger partial charge in [-0.25, -0.2) is 0 Å². The first kappa shape index (κ1) is 7.71. The molecule has 0 atom stereocenters.